The number of nitrogens with zero attached hydrogens (tertiary/aromatic N) is 2. The van der Waals surface area contributed by atoms with Crippen molar-refractivity contribution in [3.05, 3.63) is 24.0 Å². The predicted octanol–water partition coefficient (Wildman–Crippen LogP) is 3.14. The molecule has 2 aliphatic heterocycles. The molecule has 0 aromatic heterocycles. The van der Waals surface area contributed by atoms with E-state index in [0.29, 0.717) is 43.7 Å². The van der Waals surface area contributed by atoms with Gasteiger partial charge < -0.3 is 25.4 Å². The Balaban J connectivity index is 1.65. The molecule has 2 fully saturated rings. The number of aliphatic hydroxyl groups excluding tert-OH is 1. The number of hydrogen-bond donors (Lipinski definition) is 2. The Labute approximate surface area is 160 Å². The summed E-state index contributed by atoms with van der Waals surface area (Å²) in [6, 6.07) is 4.78. The van der Waals surface area contributed by atoms with Gasteiger partial charge in [-0.3, -0.25) is 0 Å². The highest BCUT2D eigenvalue weighted by atomic mass is 19.1. The van der Waals surface area contributed by atoms with E-state index in [9.17, 15) is 14.3 Å². The molecule has 2 bridgehead atoms. The quantitative estimate of drug-likeness (QED) is 0.743. The molecule has 1 aromatic carbocycles. The zero-order chi connectivity index (χ0) is 19.6. The number of nitrogens with two attached hydrogens (primary N) is 1. The first-order chi connectivity index (χ1) is 12.9. The molecule has 3 unspecified atom stereocenters. The minimum Gasteiger partial charge on any atom is -0.444 e. The molecule has 150 valence electrons. The van der Waals surface area contributed by atoms with E-state index < -0.39 is 0 Å². The van der Waals surface area contributed by atoms with Gasteiger partial charge >= 0.3 is 6.09 Å². The summed E-state index contributed by atoms with van der Waals surface area (Å²) in [5.41, 5.74) is 6.48. The summed E-state index contributed by atoms with van der Waals surface area (Å²) in [7, 11) is 0. The second-order valence-corrected chi connectivity index (χ2v) is 7.58. The number of piperidine rings is 1. The first-order valence-electron chi connectivity index (χ1n) is 9.89. The molecule has 2 saturated heterocycles. The van der Waals surface area contributed by atoms with Crippen LogP contribution < -0.4 is 10.6 Å². The average molecular weight is 379 g/mol. The number of nitrogen functional groups attached to an aromatic ring is 1. The minimum absolute atomic E-state index is 0.0700. The second kappa shape index (κ2) is 8.33. The van der Waals surface area contributed by atoms with E-state index in [0.717, 1.165) is 12.8 Å². The van der Waals surface area contributed by atoms with Crippen LogP contribution in [0.3, 0.4) is 0 Å². The highest BCUT2D eigenvalue weighted by Gasteiger charge is 2.44. The van der Waals surface area contributed by atoms with E-state index in [1.165, 1.54) is 6.07 Å². The van der Waals surface area contributed by atoms with Gasteiger partial charge in [0.1, 0.15) is 11.9 Å². The number of anilines is 2. The van der Waals surface area contributed by atoms with Gasteiger partial charge in [0.15, 0.2) is 0 Å². The number of amides is 1. The number of halogens is 1. The van der Waals surface area contributed by atoms with Crippen molar-refractivity contribution >= 4 is 17.5 Å². The molecule has 1 amide bonds. The number of likely N-dealkylation sites (N-methyl/N-ethyl adjacent to an activating group) is 1. The fourth-order valence-corrected chi connectivity index (χ4v) is 4.32. The van der Waals surface area contributed by atoms with Crippen molar-refractivity contribution in [3.8, 4) is 0 Å². The third kappa shape index (κ3) is 4.29. The molecule has 3 atom stereocenters. The molecule has 0 saturated carbocycles. The lowest BCUT2D eigenvalue weighted by Gasteiger charge is -2.37. The third-order valence-electron chi connectivity index (χ3n) is 5.76. The average Bonchev–Trinajstić information content (AvgIpc) is 2.90. The minimum atomic E-state index is -0.374. The Hall–Kier alpha value is -2.02. The van der Waals surface area contributed by atoms with Crippen LogP contribution in [0, 0.1) is 5.82 Å². The standard InChI is InChI=1S/C20H30FN3O3/c1-3-17(12-23(4-2)19-8-5-13(22)9-18(19)21)27-20(26)24-14-6-7-15(24)11-16(25)10-14/h5,8-9,14-17,25H,3-4,6-7,10-12,22H2,1-2H3. The third-order valence-corrected chi connectivity index (χ3v) is 5.76. The molecular weight excluding hydrogens is 349 g/mol. The molecule has 2 heterocycles. The summed E-state index contributed by atoms with van der Waals surface area (Å²) in [5.74, 6) is -0.374. The van der Waals surface area contributed by atoms with Crippen LogP contribution in [0.5, 0.6) is 0 Å². The summed E-state index contributed by atoms with van der Waals surface area (Å²) in [6.07, 6.45) is 2.77. The highest BCUT2D eigenvalue weighted by Crippen LogP contribution is 2.36. The van der Waals surface area contributed by atoms with Crippen LogP contribution in [0.2, 0.25) is 0 Å². The first kappa shape index (κ1) is 19.7. The van der Waals surface area contributed by atoms with Crippen molar-refractivity contribution in [3.63, 3.8) is 0 Å². The summed E-state index contributed by atoms with van der Waals surface area (Å²) in [6.45, 7) is 4.91. The Morgan fingerprint density at radius 1 is 1.37 bits per heavy atom. The van der Waals surface area contributed by atoms with Gasteiger partial charge in [0.2, 0.25) is 0 Å². The lowest BCUT2D eigenvalue weighted by Crippen LogP contribution is -2.49. The van der Waals surface area contributed by atoms with Crippen molar-refractivity contribution in [1.29, 1.82) is 0 Å². The van der Waals surface area contributed by atoms with Crippen LogP contribution in [0.1, 0.15) is 46.0 Å². The smallest absolute Gasteiger partial charge is 0.410 e. The van der Waals surface area contributed by atoms with Crippen molar-refractivity contribution in [2.75, 3.05) is 23.7 Å². The van der Waals surface area contributed by atoms with Gasteiger partial charge in [-0.25, -0.2) is 9.18 Å². The molecule has 7 heteroatoms. The summed E-state index contributed by atoms with van der Waals surface area (Å²) in [4.78, 5) is 16.4. The Bertz CT molecular complexity index is 658. The number of rotatable bonds is 6. The zero-order valence-corrected chi connectivity index (χ0v) is 16.1. The topological polar surface area (TPSA) is 79.0 Å². The maximum Gasteiger partial charge on any atom is 0.410 e. The molecule has 6 nitrogen and oxygen atoms in total. The van der Waals surface area contributed by atoms with Crippen LogP contribution in [-0.4, -0.2) is 53.5 Å². The molecule has 1 aromatic rings. The normalized spacial score (nSPS) is 25.3. The second-order valence-electron chi connectivity index (χ2n) is 7.58. The lowest BCUT2D eigenvalue weighted by molar-refractivity contribution is 0.00945. The Morgan fingerprint density at radius 3 is 2.59 bits per heavy atom. The molecule has 0 spiro atoms. The number of benzene rings is 1. The first-order valence-corrected chi connectivity index (χ1v) is 9.89. The monoisotopic (exact) mass is 379 g/mol. The van der Waals surface area contributed by atoms with Crippen molar-refractivity contribution < 1.29 is 19.0 Å². The van der Waals surface area contributed by atoms with E-state index in [-0.39, 0.29) is 36.2 Å². The van der Waals surface area contributed by atoms with Crippen molar-refractivity contribution in [2.45, 2.75) is 70.2 Å². The van der Waals surface area contributed by atoms with Crippen LogP contribution in [0.15, 0.2) is 18.2 Å². The van der Waals surface area contributed by atoms with Crippen LogP contribution in [0.4, 0.5) is 20.6 Å². The number of hydrogen-bond acceptors (Lipinski definition) is 5. The van der Waals surface area contributed by atoms with E-state index in [1.807, 2.05) is 23.6 Å². The lowest BCUT2D eigenvalue weighted by atomic mass is 10.0. The van der Waals surface area contributed by atoms with Gasteiger partial charge in [-0.2, -0.15) is 0 Å². The Kier molecular flexibility index (Phi) is 6.09. The van der Waals surface area contributed by atoms with Crippen molar-refractivity contribution in [1.82, 2.24) is 4.90 Å². The van der Waals surface area contributed by atoms with Gasteiger partial charge in [-0.15, -0.1) is 0 Å². The van der Waals surface area contributed by atoms with Gasteiger partial charge in [0, 0.05) is 24.3 Å². The SMILES string of the molecule is CCC(CN(CC)c1ccc(N)cc1F)OC(=O)N1C2CCC1CC(O)C2. The summed E-state index contributed by atoms with van der Waals surface area (Å²) in [5, 5.41) is 9.91. The predicted molar refractivity (Wildman–Crippen MR) is 103 cm³/mol. The van der Waals surface area contributed by atoms with Gasteiger partial charge in [0.25, 0.3) is 0 Å². The number of carbonyl (C=O) groups is 1. The number of carbonyl (C=O) groups excluding carboxylic acids is 1. The maximum atomic E-state index is 14.3. The molecular formula is C20H30FN3O3. The molecule has 27 heavy (non-hydrogen) atoms. The van der Waals surface area contributed by atoms with Gasteiger partial charge in [0.05, 0.1) is 18.3 Å². The summed E-state index contributed by atoms with van der Waals surface area (Å²) >= 11 is 0. The van der Waals surface area contributed by atoms with E-state index in [1.54, 1.807) is 12.1 Å². The Morgan fingerprint density at radius 2 is 2.04 bits per heavy atom. The molecule has 0 radical (unpaired) electrons. The van der Waals surface area contributed by atoms with Crippen LogP contribution in [0.25, 0.3) is 0 Å². The number of ether oxygens (including phenoxy) is 1. The fourth-order valence-electron chi connectivity index (χ4n) is 4.32. The van der Waals surface area contributed by atoms with E-state index >= 15 is 0 Å². The van der Waals surface area contributed by atoms with Crippen molar-refractivity contribution in [2.24, 2.45) is 0 Å². The van der Waals surface area contributed by atoms with Crippen LogP contribution >= 0.6 is 0 Å². The number of aliphatic hydroxyl groups is 1. The van der Waals surface area contributed by atoms with E-state index in [2.05, 4.69) is 0 Å². The largest absolute Gasteiger partial charge is 0.444 e. The molecule has 2 aliphatic rings. The highest BCUT2D eigenvalue weighted by molar-refractivity contribution is 5.69. The van der Waals surface area contributed by atoms with Gasteiger partial charge in [-0.1, -0.05) is 6.92 Å². The maximum absolute atomic E-state index is 14.3. The van der Waals surface area contributed by atoms with Gasteiger partial charge in [-0.05, 0) is 57.2 Å². The fraction of sp³-hybridized carbons (Fsp3) is 0.650. The molecule has 3 rings (SSSR count). The number of fused-ring (bicyclic) bond motifs is 2. The molecule has 0 aliphatic carbocycles. The van der Waals surface area contributed by atoms with E-state index in [4.69, 9.17) is 10.5 Å². The summed E-state index contributed by atoms with van der Waals surface area (Å²) < 4.78 is 20.1. The van der Waals surface area contributed by atoms with Crippen LogP contribution in [-0.2, 0) is 4.74 Å². The zero-order valence-electron chi connectivity index (χ0n) is 16.1. The molecule has 3 N–H and O–H groups in total.